The highest BCUT2D eigenvalue weighted by Crippen LogP contribution is 2.02. The Hall–Kier alpha value is -2.31. The van der Waals surface area contributed by atoms with Gasteiger partial charge >= 0.3 is 5.97 Å². The van der Waals surface area contributed by atoms with E-state index in [4.69, 9.17) is 9.26 Å². The van der Waals surface area contributed by atoms with Crippen LogP contribution >= 0.6 is 0 Å². The highest BCUT2D eigenvalue weighted by molar-refractivity contribution is 5.86. The Morgan fingerprint density at radius 1 is 1.35 bits per heavy atom. The quantitative estimate of drug-likeness (QED) is 0.726. The van der Waals surface area contributed by atoms with Gasteiger partial charge in [-0.05, 0) is 13.8 Å². The van der Waals surface area contributed by atoms with Crippen LogP contribution in [-0.4, -0.2) is 26.1 Å². The smallest absolute Gasteiger partial charge is 0.359 e. The van der Waals surface area contributed by atoms with Gasteiger partial charge in [-0.1, -0.05) is 5.16 Å². The molecular formula is C10H10N4O3. The third-order valence-electron chi connectivity index (χ3n) is 1.89. The predicted molar refractivity (Wildman–Crippen MR) is 54.9 cm³/mol. The largest absolute Gasteiger partial charge is 0.451 e. The molecule has 0 aliphatic rings. The number of esters is 1. The zero-order valence-electron chi connectivity index (χ0n) is 9.38. The number of hydrogen-bond donors (Lipinski definition) is 0. The lowest BCUT2D eigenvalue weighted by molar-refractivity contribution is 0.0422. The van der Waals surface area contributed by atoms with E-state index < -0.39 is 5.97 Å². The number of ether oxygens (including phenoxy) is 1. The van der Waals surface area contributed by atoms with Gasteiger partial charge in [-0.3, -0.25) is 4.98 Å². The summed E-state index contributed by atoms with van der Waals surface area (Å²) >= 11 is 0. The Morgan fingerprint density at radius 3 is 2.76 bits per heavy atom. The number of carbonyl (C=O) groups is 1. The van der Waals surface area contributed by atoms with Crippen molar-refractivity contribution < 1.29 is 14.1 Å². The van der Waals surface area contributed by atoms with Crippen LogP contribution in [0.15, 0.2) is 16.9 Å². The summed E-state index contributed by atoms with van der Waals surface area (Å²) in [5, 5.41) is 3.57. The number of carbonyl (C=O) groups excluding carboxylic acids is 1. The molecule has 0 aromatic carbocycles. The topological polar surface area (TPSA) is 91.0 Å². The normalized spacial score (nSPS) is 10.2. The Morgan fingerprint density at radius 2 is 2.18 bits per heavy atom. The van der Waals surface area contributed by atoms with E-state index in [0.717, 1.165) is 5.69 Å². The van der Waals surface area contributed by atoms with Crippen molar-refractivity contribution in [2.24, 2.45) is 0 Å². The van der Waals surface area contributed by atoms with Crippen molar-refractivity contribution in [1.29, 1.82) is 0 Å². The van der Waals surface area contributed by atoms with Crippen LogP contribution in [0, 0.1) is 13.8 Å². The summed E-state index contributed by atoms with van der Waals surface area (Å²) < 4.78 is 9.72. The van der Waals surface area contributed by atoms with Crippen LogP contribution in [0.5, 0.6) is 0 Å². The van der Waals surface area contributed by atoms with E-state index in [1.54, 1.807) is 13.8 Å². The predicted octanol–water partition coefficient (Wildman–Crippen LogP) is 0.833. The van der Waals surface area contributed by atoms with Crippen molar-refractivity contribution in [1.82, 2.24) is 20.1 Å². The summed E-state index contributed by atoms with van der Waals surface area (Å²) in [6, 6.07) is 0. The van der Waals surface area contributed by atoms with E-state index in [1.807, 2.05) is 0 Å². The Labute approximate surface area is 96.8 Å². The first-order valence-electron chi connectivity index (χ1n) is 4.90. The van der Waals surface area contributed by atoms with Gasteiger partial charge in [-0.15, -0.1) is 0 Å². The summed E-state index contributed by atoms with van der Waals surface area (Å²) in [6.07, 6.45) is 2.85. The molecule has 0 amide bonds. The zero-order valence-corrected chi connectivity index (χ0v) is 9.38. The Balaban J connectivity index is 1.95. The number of rotatable bonds is 3. The highest BCUT2D eigenvalue weighted by atomic mass is 16.6. The Bertz CT molecular complexity index is 521. The summed E-state index contributed by atoms with van der Waals surface area (Å²) in [4.78, 5) is 23.3. The minimum absolute atomic E-state index is 0.0742. The zero-order chi connectivity index (χ0) is 12.3. The van der Waals surface area contributed by atoms with Gasteiger partial charge in [0.05, 0.1) is 11.9 Å². The third kappa shape index (κ3) is 2.83. The van der Waals surface area contributed by atoms with E-state index in [1.165, 1.54) is 12.4 Å². The molecule has 0 unspecified atom stereocenters. The second-order valence-corrected chi connectivity index (χ2v) is 3.35. The molecule has 2 aromatic rings. The average molecular weight is 234 g/mol. The molecule has 0 spiro atoms. The molecule has 0 saturated carbocycles. The molecule has 0 aliphatic heterocycles. The van der Waals surface area contributed by atoms with Crippen LogP contribution in [0.4, 0.5) is 0 Å². The maximum Gasteiger partial charge on any atom is 0.359 e. The van der Waals surface area contributed by atoms with Crippen molar-refractivity contribution in [3.63, 3.8) is 0 Å². The monoisotopic (exact) mass is 234 g/mol. The molecule has 0 N–H and O–H groups in total. The number of aromatic nitrogens is 4. The summed E-state index contributed by atoms with van der Waals surface area (Å²) in [5.41, 5.74) is 0.876. The van der Waals surface area contributed by atoms with Crippen molar-refractivity contribution in [3.8, 4) is 0 Å². The van der Waals surface area contributed by atoms with Gasteiger partial charge < -0.3 is 9.26 Å². The molecule has 2 aromatic heterocycles. The van der Waals surface area contributed by atoms with Crippen LogP contribution in [-0.2, 0) is 11.3 Å². The van der Waals surface area contributed by atoms with Crippen molar-refractivity contribution >= 4 is 5.97 Å². The molecule has 7 heteroatoms. The molecule has 0 bridgehead atoms. The van der Waals surface area contributed by atoms with Crippen molar-refractivity contribution in [2.75, 3.05) is 0 Å². The van der Waals surface area contributed by atoms with Gasteiger partial charge in [-0.2, -0.15) is 4.98 Å². The minimum Gasteiger partial charge on any atom is -0.451 e. The summed E-state index contributed by atoms with van der Waals surface area (Å²) in [7, 11) is 0. The van der Waals surface area contributed by atoms with Gasteiger partial charge in [0.1, 0.15) is 0 Å². The minimum atomic E-state index is -0.576. The second kappa shape index (κ2) is 4.69. The van der Waals surface area contributed by atoms with Crippen LogP contribution in [0.1, 0.15) is 27.9 Å². The molecule has 7 nitrogen and oxygen atoms in total. The molecule has 2 rings (SSSR count). The van der Waals surface area contributed by atoms with E-state index in [9.17, 15) is 4.79 Å². The van der Waals surface area contributed by atoms with E-state index in [0.29, 0.717) is 5.82 Å². The van der Waals surface area contributed by atoms with E-state index in [-0.39, 0.29) is 18.2 Å². The van der Waals surface area contributed by atoms with Gasteiger partial charge in [0, 0.05) is 6.20 Å². The fourth-order valence-corrected chi connectivity index (χ4v) is 1.10. The number of aryl methyl sites for hydroxylation is 2. The first-order valence-corrected chi connectivity index (χ1v) is 4.90. The lowest BCUT2D eigenvalue weighted by atomic mass is 10.4. The molecule has 0 saturated heterocycles. The van der Waals surface area contributed by atoms with Crippen LogP contribution < -0.4 is 0 Å². The molecule has 0 radical (unpaired) electrons. The van der Waals surface area contributed by atoms with Crippen LogP contribution in [0.3, 0.4) is 0 Å². The molecular weight excluding hydrogens is 224 g/mol. The van der Waals surface area contributed by atoms with Gasteiger partial charge in [0.25, 0.3) is 5.89 Å². The molecule has 17 heavy (non-hydrogen) atoms. The lowest BCUT2D eigenvalue weighted by Gasteiger charge is -2.00. The number of nitrogens with zero attached hydrogens (tertiary/aromatic N) is 4. The molecule has 0 aliphatic carbocycles. The first-order chi connectivity index (χ1) is 8.15. The summed E-state index contributed by atoms with van der Waals surface area (Å²) in [6.45, 7) is 3.39. The lowest BCUT2D eigenvalue weighted by Crippen LogP contribution is -2.08. The fraction of sp³-hybridized carbons (Fsp3) is 0.300. The average Bonchev–Trinajstić information content (AvgIpc) is 2.73. The van der Waals surface area contributed by atoms with Gasteiger partial charge in [0.15, 0.2) is 18.1 Å². The van der Waals surface area contributed by atoms with Crippen LogP contribution in [0.25, 0.3) is 0 Å². The molecule has 88 valence electrons. The fourth-order valence-electron chi connectivity index (χ4n) is 1.10. The molecule has 0 atom stereocenters. The number of hydrogen-bond acceptors (Lipinski definition) is 7. The standard InChI is InChI=1S/C10H10N4O3/c1-6-3-12-8(4-11-6)10(15)16-5-9-13-7(2)14-17-9/h3-4H,5H2,1-2H3. The summed E-state index contributed by atoms with van der Waals surface area (Å²) in [5.74, 6) is 0.162. The van der Waals surface area contributed by atoms with Gasteiger partial charge in [0.2, 0.25) is 0 Å². The van der Waals surface area contributed by atoms with Crippen LogP contribution in [0.2, 0.25) is 0 Å². The maximum atomic E-state index is 11.5. The van der Waals surface area contributed by atoms with Crippen molar-refractivity contribution in [3.05, 3.63) is 35.5 Å². The molecule has 2 heterocycles. The SMILES string of the molecule is Cc1cnc(C(=O)OCc2nc(C)no2)cn1. The third-order valence-corrected chi connectivity index (χ3v) is 1.89. The van der Waals surface area contributed by atoms with E-state index >= 15 is 0 Å². The van der Waals surface area contributed by atoms with Gasteiger partial charge in [-0.25, -0.2) is 9.78 Å². The van der Waals surface area contributed by atoms with E-state index in [2.05, 4.69) is 20.1 Å². The second-order valence-electron chi connectivity index (χ2n) is 3.35. The molecule has 0 fully saturated rings. The Kier molecular flexibility index (Phi) is 3.08. The maximum absolute atomic E-state index is 11.5. The first kappa shape index (κ1) is 11.2. The highest BCUT2D eigenvalue weighted by Gasteiger charge is 2.11. The van der Waals surface area contributed by atoms with Crippen molar-refractivity contribution in [2.45, 2.75) is 20.5 Å².